The fourth-order valence-electron chi connectivity index (χ4n) is 1.25. The van der Waals surface area contributed by atoms with Gasteiger partial charge in [0.15, 0.2) is 11.6 Å². The molecule has 3 nitrogen and oxygen atoms in total. The van der Waals surface area contributed by atoms with E-state index in [1.54, 1.807) is 25.1 Å². The summed E-state index contributed by atoms with van der Waals surface area (Å²) >= 11 is 0. The van der Waals surface area contributed by atoms with Gasteiger partial charge in [0.25, 0.3) is 0 Å². The van der Waals surface area contributed by atoms with Gasteiger partial charge in [0, 0.05) is 5.92 Å². The predicted octanol–water partition coefficient (Wildman–Crippen LogP) is 2.37. The van der Waals surface area contributed by atoms with Crippen LogP contribution in [0.3, 0.4) is 0 Å². The monoisotopic (exact) mass is 239 g/mol. The first-order valence-corrected chi connectivity index (χ1v) is 5.69. The maximum absolute atomic E-state index is 13.3. The second-order valence-electron chi connectivity index (χ2n) is 4.26. The summed E-state index contributed by atoms with van der Waals surface area (Å²) in [6, 6.07) is 6.22. The summed E-state index contributed by atoms with van der Waals surface area (Å²) in [5.41, 5.74) is 0. The van der Waals surface area contributed by atoms with E-state index in [0.29, 0.717) is 6.54 Å². The van der Waals surface area contributed by atoms with Crippen LogP contribution in [0.15, 0.2) is 24.3 Å². The SMILES string of the molecule is CC(CNC(=O)C(C)C)Oc1ccccc1F. The molecular formula is C13H18FNO2. The smallest absolute Gasteiger partial charge is 0.222 e. The molecular weight excluding hydrogens is 221 g/mol. The van der Waals surface area contributed by atoms with Gasteiger partial charge in [-0.15, -0.1) is 0 Å². The van der Waals surface area contributed by atoms with Crippen molar-refractivity contribution in [1.29, 1.82) is 0 Å². The van der Waals surface area contributed by atoms with E-state index in [1.807, 2.05) is 13.8 Å². The highest BCUT2D eigenvalue weighted by atomic mass is 19.1. The van der Waals surface area contributed by atoms with Crippen LogP contribution in [0.25, 0.3) is 0 Å². The Labute approximate surface area is 101 Å². The Hall–Kier alpha value is -1.58. The van der Waals surface area contributed by atoms with Crippen LogP contribution in [-0.4, -0.2) is 18.6 Å². The van der Waals surface area contributed by atoms with Gasteiger partial charge in [0.1, 0.15) is 6.10 Å². The van der Waals surface area contributed by atoms with Gasteiger partial charge in [0.2, 0.25) is 5.91 Å². The standard InChI is InChI=1S/C13H18FNO2/c1-9(2)13(16)15-8-10(3)17-12-7-5-4-6-11(12)14/h4-7,9-10H,8H2,1-3H3,(H,15,16). The number of carbonyl (C=O) groups is 1. The van der Waals surface area contributed by atoms with E-state index in [9.17, 15) is 9.18 Å². The van der Waals surface area contributed by atoms with Crippen molar-refractivity contribution in [3.63, 3.8) is 0 Å². The Balaban J connectivity index is 2.43. The lowest BCUT2D eigenvalue weighted by Gasteiger charge is -2.16. The fourth-order valence-corrected chi connectivity index (χ4v) is 1.25. The van der Waals surface area contributed by atoms with E-state index < -0.39 is 5.82 Å². The first kappa shape index (κ1) is 13.5. The Morgan fingerprint density at radius 1 is 1.35 bits per heavy atom. The Morgan fingerprint density at radius 2 is 2.00 bits per heavy atom. The van der Waals surface area contributed by atoms with Gasteiger partial charge in [-0.25, -0.2) is 4.39 Å². The van der Waals surface area contributed by atoms with E-state index in [1.165, 1.54) is 6.07 Å². The highest BCUT2D eigenvalue weighted by Gasteiger charge is 2.11. The van der Waals surface area contributed by atoms with Gasteiger partial charge in [-0.1, -0.05) is 26.0 Å². The van der Waals surface area contributed by atoms with Crippen LogP contribution in [0.4, 0.5) is 4.39 Å². The third-order valence-corrected chi connectivity index (χ3v) is 2.25. The molecule has 1 aromatic carbocycles. The molecule has 17 heavy (non-hydrogen) atoms. The minimum Gasteiger partial charge on any atom is -0.486 e. The third-order valence-electron chi connectivity index (χ3n) is 2.25. The highest BCUT2D eigenvalue weighted by Crippen LogP contribution is 2.16. The number of benzene rings is 1. The van der Waals surface area contributed by atoms with Crippen molar-refractivity contribution in [1.82, 2.24) is 5.32 Å². The molecule has 0 heterocycles. The van der Waals surface area contributed by atoms with Crippen molar-refractivity contribution in [3.05, 3.63) is 30.1 Å². The summed E-state index contributed by atoms with van der Waals surface area (Å²) in [5.74, 6) is -0.280. The number of carbonyl (C=O) groups excluding carboxylic acids is 1. The molecule has 94 valence electrons. The van der Waals surface area contributed by atoms with Crippen molar-refractivity contribution in [3.8, 4) is 5.75 Å². The largest absolute Gasteiger partial charge is 0.486 e. The first-order valence-electron chi connectivity index (χ1n) is 5.69. The summed E-state index contributed by atoms with van der Waals surface area (Å²) in [5, 5.41) is 2.74. The van der Waals surface area contributed by atoms with Crippen LogP contribution in [0.1, 0.15) is 20.8 Å². The zero-order valence-corrected chi connectivity index (χ0v) is 10.4. The average Bonchev–Trinajstić information content (AvgIpc) is 2.29. The average molecular weight is 239 g/mol. The molecule has 1 rings (SSSR count). The number of para-hydroxylation sites is 1. The summed E-state index contributed by atoms with van der Waals surface area (Å²) in [6.45, 7) is 5.79. The van der Waals surface area contributed by atoms with E-state index >= 15 is 0 Å². The zero-order chi connectivity index (χ0) is 12.8. The number of nitrogens with one attached hydrogen (secondary N) is 1. The first-order chi connectivity index (χ1) is 8.00. The second-order valence-corrected chi connectivity index (χ2v) is 4.26. The van der Waals surface area contributed by atoms with Gasteiger partial charge in [0.05, 0.1) is 6.54 Å². The van der Waals surface area contributed by atoms with Crippen LogP contribution in [-0.2, 0) is 4.79 Å². The minimum atomic E-state index is -0.394. The highest BCUT2D eigenvalue weighted by molar-refractivity contribution is 5.77. The maximum Gasteiger partial charge on any atom is 0.222 e. The van der Waals surface area contributed by atoms with E-state index in [0.717, 1.165) is 0 Å². The van der Waals surface area contributed by atoms with Crippen LogP contribution in [0.5, 0.6) is 5.75 Å². The van der Waals surface area contributed by atoms with Crippen molar-refractivity contribution in [2.45, 2.75) is 26.9 Å². The van der Waals surface area contributed by atoms with Crippen molar-refractivity contribution in [2.75, 3.05) is 6.54 Å². The molecule has 1 aromatic rings. The molecule has 0 aromatic heterocycles. The second kappa shape index (κ2) is 6.23. The minimum absolute atomic E-state index is 0.0333. The van der Waals surface area contributed by atoms with Gasteiger partial charge in [-0.3, -0.25) is 4.79 Å². The molecule has 1 unspecified atom stereocenters. The lowest BCUT2D eigenvalue weighted by atomic mass is 10.2. The zero-order valence-electron chi connectivity index (χ0n) is 10.4. The van der Waals surface area contributed by atoms with Crippen LogP contribution in [0.2, 0.25) is 0 Å². The molecule has 1 amide bonds. The van der Waals surface area contributed by atoms with Crippen LogP contribution >= 0.6 is 0 Å². The topological polar surface area (TPSA) is 38.3 Å². The van der Waals surface area contributed by atoms with Crippen molar-refractivity contribution >= 4 is 5.91 Å². The molecule has 0 aliphatic heterocycles. The van der Waals surface area contributed by atoms with Gasteiger partial charge in [-0.2, -0.15) is 0 Å². The van der Waals surface area contributed by atoms with Crippen molar-refractivity contribution < 1.29 is 13.9 Å². The number of ether oxygens (including phenoxy) is 1. The molecule has 0 saturated heterocycles. The number of amides is 1. The molecule has 0 bridgehead atoms. The van der Waals surface area contributed by atoms with E-state index in [4.69, 9.17) is 4.74 Å². The van der Waals surface area contributed by atoms with Crippen LogP contribution < -0.4 is 10.1 Å². The van der Waals surface area contributed by atoms with Gasteiger partial charge >= 0.3 is 0 Å². The molecule has 0 spiro atoms. The molecule has 0 saturated carbocycles. The summed E-state index contributed by atoms with van der Waals surface area (Å²) in [4.78, 5) is 11.3. The number of rotatable bonds is 5. The summed E-state index contributed by atoms with van der Waals surface area (Å²) < 4.78 is 18.7. The number of hydrogen-bond donors (Lipinski definition) is 1. The quantitative estimate of drug-likeness (QED) is 0.856. The number of halogens is 1. The predicted molar refractivity (Wildman–Crippen MR) is 64.3 cm³/mol. The van der Waals surface area contributed by atoms with Gasteiger partial charge in [-0.05, 0) is 19.1 Å². The summed E-state index contributed by atoms with van der Waals surface area (Å²) in [6.07, 6.45) is -0.269. The van der Waals surface area contributed by atoms with Gasteiger partial charge < -0.3 is 10.1 Å². The normalized spacial score (nSPS) is 12.3. The number of hydrogen-bond acceptors (Lipinski definition) is 2. The molecule has 0 fully saturated rings. The Kier molecular flexibility index (Phi) is 4.94. The molecule has 0 radical (unpaired) electrons. The molecule has 0 aliphatic rings. The molecule has 4 heteroatoms. The molecule has 1 N–H and O–H groups in total. The third kappa shape index (κ3) is 4.43. The molecule has 1 atom stereocenters. The Morgan fingerprint density at radius 3 is 2.59 bits per heavy atom. The van der Waals surface area contributed by atoms with E-state index in [-0.39, 0.29) is 23.7 Å². The van der Waals surface area contributed by atoms with Crippen molar-refractivity contribution in [2.24, 2.45) is 5.92 Å². The maximum atomic E-state index is 13.3. The summed E-state index contributed by atoms with van der Waals surface area (Å²) in [7, 11) is 0. The lowest BCUT2D eigenvalue weighted by molar-refractivity contribution is -0.124. The fraction of sp³-hybridized carbons (Fsp3) is 0.462. The molecule has 0 aliphatic carbocycles. The lowest BCUT2D eigenvalue weighted by Crippen LogP contribution is -2.35. The Bertz CT molecular complexity index is 379. The van der Waals surface area contributed by atoms with E-state index in [2.05, 4.69) is 5.32 Å². The van der Waals surface area contributed by atoms with Crippen LogP contribution in [0, 0.1) is 11.7 Å².